The first-order valence-electron chi connectivity index (χ1n) is 21.9. The molecule has 3 aliphatic rings. The van der Waals surface area contributed by atoms with Crippen molar-refractivity contribution in [1.82, 2.24) is 0 Å². The highest BCUT2D eigenvalue weighted by Gasteiger charge is 2.54. The Hall–Kier alpha value is -3.10. The molecule has 2 aliphatic heterocycles. The number of anilines is 3. The maximum absolute atomic E-state index is 6.02. The third kappa shape index (κ3) is 7.80. The molecule has 2 saturated heterocycles. The van der Waals surface area contributed by atoms with Gasteiger partial charge in [0.1, 0.15) is 0 Å². The summed E-state index contributed by atoms with van der Waals surface area (Å²) in [5.41, 5.74) is 14.5. The molecule has 3 fully saturated rings. The largest absolute Gasteiger partial charge is 0.333 e. The van der Waals surface area contributed by atoms with E-state index in [1.807, 2.05) is 0 Å². The lowest BCUT2D eigenvalue weighted by Gasteiger charge is -2.39. The molecule has 1 aliphatic carbocycles. The molecule has 298 valence electrons. The second-order valence-corrected chi connectivity index (χ2v) is 20.4. The van der Waals surface area contributed by atoms with Crippen LogP contribution in [-0.2, 0) is 0 Å². The summed E-state index contributed by atoms with van der Waals surface area (Å²) in [6.07, 6.45) is 7.66. The molecule has 1 saturated carbocycles. The van der Waals surface area contributed by atoms with Crippen molar-refractivity contribution in [3.05, 3.63) is 88.0 Å². The van der Waals surface area contributed by atoms with Gasteiger partial charge in [0, 0.05) is 29.7 Å². The van der Waals surface area contributed by atoms with E-state index in [-0.39, 0.29) is 11.0 Å². The summed E-state index contributed by atoms with van der Waals surface area (Å²) in [6.45, 7) is 35.3. The molecule has 6 rings (SSSR count). The first kappa shape index (κ1) is 41.5. The van der Waals surface area contributed by atoms with Gasteiger partial charge in [0.05, 0.1) is 25.1 Å². The smallest absolute Gasteiger partial charge is 0.214 e. The molecule has 0 radical (unpaired) electrons. The summed E-state index contributed by atoms with van der Waals surface area (Å²) >= 11 is 0. The number of nitrogens with zero attached hydrogens (tertiary/aromatic N) is 4. The van der Waals surface area contributed by atoms with Crippen LogP contribution in [-0.4, -0.2) is 30.0 Å². The molecular weight excluding hydrogens is 688 g/mol. The van der Waals surface area contributed by atoms with Crippen LogP contribution in [0.4, 0.5) is 17.1 Å². The fraction of sp³-hybridized carbons (Fsp3) is 0.600. The topological polar surface area (TPSA) is 22.1 Å². The van der Waals surface area contributed by atoms with E-state index in [0.29, 0.717) is 35.5 Å². The Balaban J connectivity index is 1.69. The maximum Gasteiger partial charge on any atom is 0.214 e. The van der Waals surface area contributed by atoms with Crippen LogP contribution in [0.15, 0.2) is 59.4 Å². The first-order valence-corrected chi connectivity index (χ1v) is 22.7. The number of hydrogen-bond donors (Lipinski definition) is 0. The van der Waals surface area contributed by atoms with Gasteiger partial charge in [-0.1, -0.05) is 157 Å². The van der Waals surface area contributed by atoms with Gasteiger partial charge in [0.2, 0.25) is 5.96 Å². The van der Waals surface area contributed by atoms with Crippen LogP contribution >= 0.6 is 8.35 Å². The van der Waals surface area contributed by atoms with Crippen LogP contribution in [0.2, 0.25) is 0 Å². The third-order valence-corrected chi connectivity index (χ3v) is 14.1. The Morgan fingerprint density at radius 2 is 0.855 bits per heavy atom. The summed E-state index contributed by atoms with van der Waals surface area (Å²) in [4.78, 5) is 8.12. The quantitative estimate of drug-likeness (QED) is 0.192. The average molecular weight is 761 g/mol. The highest BCUT2D eigenvalue weighted by atomic mass is 31.1. The highest BCUT2D eigenvalue weighted by Crippen LogP contribution is 2.57. The number of rotatable bonds is 10. The minimum atomic E-state index is -0.0202. The molecular formula is C50H73N4P. The number of para-hydroxylation sites is 3. The van der Waals surface area contributed by atoms with Crippen LogP contribution in [0.3, 0.4) is 0 Å². The molecule has 0 aromatic heterocycles. The predicted octanol–water partition coefficient (Wildman–Crippen LogP) is 14.7. The molecule has 0 atom stereocenters. The van der Waals surface area contributed by atoms with Crippen LogP contribution < -0.4 is 14.7 Å². The molecule has 3 aromatic carbocycles. The standard InChI is InChI=1S/C50H73N4P/c1-32(2)38-21-18-22-39(33(3)4)44(38)52-29-30-53(45-40(34(5)6)23-19-24-41(45)35(7)8)48(52)51-55-47-50(27-16-15-17-28-50)31-49(13,14)54(47)46-42(36(9)10)25-20-26-43(46)37(11)12/h18-26,32-37H,15-17,27-31H2,1-14H3. The molecule has 1 spiro atoms. The van der Waals surface area contributed by atoms with E-state index in [4.69, 9.17) is 4.76 Å². The van der Waals surface area contributed by atoms with Crippen LogP contribution in [0.1, 0.15) is 204 Å². The van der Waals surface area contributed by atoms with Crippen LogP contribution in [0, 0.1) is 5.41 Å². The molecule has 0 amide bonds. The normalized spacial score (nSPS) is 19.3. The van der Waals surface area contributed by atoms with Gasteiger partial charge in [-0.2, -0.15) is 4.76 Å². The fourth-order valence-corrected chi connectivity index (χ4v) is 11.7. The van der Waals surface area contributed by atoms with Crippen molar-refractivity contribution in [3.63, 3.8) is 0 Å². The Labute approximate surface area is 338 Å². The van der Waals surface area contributed by atoms with Crippen molar-refractivity contribution in [3.8, 4) is 0 Å². The minimum absolute atomic E-state index is 0.0202. The molecule has 0 bridgehead atoms. The second kappa shape index (κ2) is 16.4. The van der Waals surface area contributed by atoms with E-state index in [2.05, 4.69) is 166 Å². The fourth-order valence-electron chi connectivity index (χ4n) is 10.3. The van der Waals surface area contributed by atoms with Crippen molar-refractivity contribution < 1.29 is 0 Å². The average Bonchev–Trinajstić information content (AvgIpc) is 3.63. The Kier molecular flexibility index (Phi) is 12.4. The van der Waals surface area contributed by atoms with Gasteiger partial charge in [0.25, 0.3) is 0 Å². The summed E-state index contributed by atoms with van der Waals surface area (Å²) in [7, 11) is 1.09. The first-order chi connectivity index (χ1) is 26.0. The monoisotopic (exact) mass is 761 g/mol. The zero-order chi connectivity index (χ0) is 40.0. The van der Waals surface area contributed by atoms with Gasteiger partial charge < -0.3 is 14.7 Å². The molecule has 3 aromatic rings. The van der Waals surface area contributed by atoms with Crippen LogP contribution in [0.25, 0.3) is 0 Å². The van der Waals surface area contributed by atoms with Gasteiger partial charge in [0.15, 0.2) is 0 Å². The Morgan fingerprint density at radius 3 is 1.20 bits per heavy atom. The van der Waals surface area contributed by atoms with Crippen molar-refractivity contribution in [2.75, 3.05) is 27.8 Å². The maximum atomic E-state index is 6.02. The lowest BCUT2D eigenvalue weighted by molar-refractivity contribution is 0.255. The number of hydrogen-bond acceptors (Lipinski definition) is 1. The summed E-state index contributed by atoms with van der Waals surface area (Å²) in [5, 5.41) is 0. The van der Waals surface area contributed by atoms with Gasteiger partial charge in [-0.3, -0.25) is 0 Å². The zero-order valence-electron chi connectivity index (χ0n) is 37.1. The Morgan fingerprint density at radius 1 is 0.509 bits per heavy atom. The summed E-state index contributed by atoms with van der Waals surface area (Å²) in [5.74, 6) is 3.61. The van der Waals surface area contributed by atoms with E-state index in [1.54, 1.807) is 0 Å². The van der Waals surface area contributed by atoms with Crippen molar-refractivity contribution in [2.24, 2.45) is 10.2 Å². The van der Waals surface area contributed by atoms with Gasteiger partial charge in [-0.25, -0.2) is 0 Å². The van der Waals surface area contributed by atoms with Crippen molar-refractivity contribution in [1.29, 1.82) is 0 Å². The Bertz CT molecular complexity index is 1740. The van der Waals surface area contributed by atoms with E-state index >= 15 is 0 Å². The molecule has 0 unspecified atom stereocenters. The van der Waals surface area contributed by atoms with Gasteiger partial charge >= 0.3 is 0 Å². The summed E-state index contributed by atoms with van der Waals surface area (Å²) in [6, 6.07) is 21.1. The molecule has 0 N–H and O–H groups in total. The van der Waals surface area contributed by atoms with E-state index < -0.39 is 0 Å². The number of benzene rings is 3. The second-order valence-electron chi connectivity index (χ2n) is 19.6. The van der Waals surface area contributed by atoms with Gasteiger partial charge in [-0.15, -0.1) is 0 Å². The molecule has 55 heavy (non-hydrogen) atoms. The highest BCUT2D eigenvalue weighted by molar-refractivity contribution is 7.40. The lowest BCUT2D eigenvalue weighted by Crippen LogP contribution is -2.43. The van der Waals surface area contributed by atoms with E-state index in [9.17, 15) is 0 Å². The number of guanidine groups is 1. The van der Waals surface area contributed by atoms with E-state index in [0.717, 1.165) is 27.4 Å². The van der Waals surface area contributed by atoms with Crippen molar-refractivity contribution >= 4 is 36.8 Å². The van der Waals surface area contributed by atoms with Crippen LogP contribution in [0.5, 0.6) is 0 Å². The minimum Gasteiger partial charge on any atom is -0.333 e. The van der Waals surface area contributed by atoms with Gasteiger partial charge in [-0.05, 0) is 102 Å². The van der Waals surface area contributed by atoms with Crippen molar-refractivity contribution in [2.45, 2.75) is 177 Å². The third-order valence-electron chi connectivity index (χ3n) is 12.9. The predicted molar refractivity (Wildman–Crippen MR) is 245 cm³/mol. The zero-order valence-corrected chi connectivity index (χ0v) is 37.9. The molecule has 5 heteroatoms. The van der Waals surface area contributed by atoms with E-state index in [1.165, 1.54) is 94.4 Å². The SMILES string of the molecule is CC(C)c1cccc(C(C)C)c1N1CCN(c2c(C(C)C)cccc2C(C)C)C1=NP=C1N(c2c(C(C)C)cccc2C(C)C)C(C)(C)CC12CCCCC2. The molecule has 2 heterocycles. The molecule has 4 nitrogen and oxygen atoms in total. The lowest BCUT2D eigenvalue weighted by atomic mass is 9.71. The summed E-state index contributed by atoms with van der Waals surface area (Å²) < 4.78 is 6.02.